The molecule has 18 heavy (non-hydrogen) atoms. The van der Waals surface area contributed by atoms with Crippen molar-refractivity contribution in [1.82, 2.24) is 15.5 Å². The van der Waals surface area contributed by atoms with Gasteiger partial charge in [0, 0.05) is 13.7 Å². The van der Waals surface area contributed by atoms with Crippen LogP contribution in [-0.4, -0.2) is 61.5 Å². The second kappa shape index (κ2) is 5.92. The zero-order valence-corrected chi connectivity index (χ0v) is 10.9. The van der Waals surface area contributed by atoms with Gasteiger partial charge in [-0.05, 0) is 13.8 Å². The first kappa shape index (κ1) is 14.6. The molecule has 102 valence electrons. The molecule has 0 aliphatic carbocycles. The first-order chi connectivity index (χ1) is 8.38. The average molecular weight is 257 g/mol. The van der Waals surface area contributed by atoms with E-state index >= 15 is 0 Å². The summed E-state index contributed by atoms with van der Waals surface area (Å²) in [7, 11) is 1.53. The van der Waals surface area contributed by atoms with Crippen molar-refractivity contribution < 1.29 is 19.1 Å². The summed E-state index contributed by atoms with van der Waals surface area (Å²) < 4.78 is 4.79. The molecule has 0 aromatic heterocycles. The summed E-state index contributed by atoms with van der Waals surface area (Å²) in [4.78, 5) is 36.1. The highest BCUT2D eigenvalue weighted by atomic mass is 16.5. The molecule has 7 heteroatoms. The van der Waals surface area contributed by atoms with E-state index in [2.05, 4.69) is 10.6 Å². The van der Waals surface area contributed by atoms with Crippen molar-refractivity contribution >= 4 is 17.7 Å². The third-order valence-corrected chi connectivity index (χ3v) is 2.69. The third kappa shape index (κ3) is 3.51. The molecule has 0 aromatic rings. The zero-order chi connectivity index (χ0) is 13.8. The van der Waals surface area contributed by atoms with Gasteiger partial charge in [0.2, 0.25) is 17.7 Å². The Kier molecular flexibility index (Phi) is 4.80. The lowest BCUT2D eigenvalue weighted by atomic mass is 10.0. The van der Waals surface area contributed by atoms with Gasteiger partial charge in [-0.2, -0.15) is 0 Å². The molecule has 3 amide bonds. The highest BCUT2D eigenvalue weighted by molar-refractivity contribution is 6.05. The largest absolute Gasteiger partial charge is 0.383 e. The van der Waals surface area contributed by atoms with E-state index in [1.807, 2.05) is 0 Å². The lowest BCUT2D eigenvalue weighted by molar-refractivity contribution is -0.154. The van der Waals surface area contributed by atoms with Crippen LogP contribution < -0.4 is 10.6 Å². The topological polar surface area (TPSA) is 87.7 Å². The number of nitrogens with zero attached hydrogens (tertiary/aromatic N) is 1. The lowest BCUT2D eigenvalue weighted by Crippen LogP contribution is -2.64. The summed E-state index contributed by atoms with van der Waals surface area (Å²) in [5, 5.41) is 5.39. The number of rotatable bonds is 5. The molecule has 0 bridgehead atoms. The SMILES string of the molecule is COCCNC(=O)CN1C(=O)CNC(C)(C)C1=O. The van der Waals surface area contributed by atoms with Crippen molar-refractivity contribution in [3.8, 4) is 0 Å². The maximum atomic E-state index is 12.0. The molecule has 1 aliphatic heterocycles. The first-order valence-electron chi connectivity index (χ1n) is 5.74. The zero-order valence-electron chi connectivity index (χ0n) is 10.9. The molecule has 2 N–H and O–H groups in total. The second-order valence-corrected chi connectivity index (χ2v) is 4.61. The molecular formula is C11H19N3O4. The number of carbonyl (C=O) groups is 3. The smallest absolute Gasteiger partial charge is 0.249 e. The summed E-state index contributed by atoms with van der Waals surface area (Å²) in [5.41, 5.74) is -0.819. The van der Waals surface area contributed by atoms with Crippen molar-refractivity contribution in [2.75, 3.05) is 33.4 Å². The standard InChI is InChI=1S/C11H19N3O4/c1-11(2)10(17)14(9(16)6-13-11)7-8(15)12-4-5-18-3/h13H,4-7H2,1-3H3,(H,12,15). The van der Waals surface area contributed by atoms with Gasteiger partial charge in [-0.1, -0.05) is 0 Å². The van der Waals surface area contributed by atoms with Gasteiger partial charge in [0.05, 0.1) is 18.7 Å². The molecule has 1 rings (SSSR count). The number of imide groups is 1. The fourth-order valence-electron chi connectivity index (χ4n) is 1.57. The Morgan fingerprint density at radius 3 is 2.78 bits per heavy atom. The van der Waals surface area contributed by atoms with Crippen LogP contribution in [0.15, 0.2) is 0 Å². The Morgan fingerprint density at radius 2 is 2.17 bits per heavy atom. The number of hydrogen-bond donors (Lipinski definition) is 2. The molecule has 0 atom stereocenters. The quantitative estimate of drug-likeness (QED) is 0.461. The number of piperazine rings is 1. The number of hydrogen-bond acceptors (Lipinski definition) is 5. The van der Waals surface area contributed by atoms with Gasteiger partial charge in [-0.15, -0.1) is 0 Å². The third-order valence-electron chi connectivity index (χ3n) is 2.69. The monoisotopic (exact) mass is 257 g/mol. The van der Waals surface area contributed by atoms with Gasteiger partial charge in [0.15, 0.2) is 0 Å². The summed E-state index contributed by atoms with van der Waals surface area (Å²) in [5.74, 6) is -1.15. The minimum absolute atomic E-state index is 0.0596. The van der Waals surface area contributed by atoms with E-state index in [4.69, 9.17) is 4.74 Å². The van der Waals surface area contributed by atoms with Gasteiger partial charge >= 0.3 is 0 Å². The lowest BCUT2D eigenvalue weighted by Gasteiger charge is -2.36. The predicted molar refractivity (Wildman–Crippen MR) is 63.7 cm³/mol. The Hall–Kier alpha value is -1.47. The van der Waals surface area contributed by atoms with Crippen LogP contribution in [0.4, 0.5) is 0 Å². The fourth-order valence-corrected chi connectivity index (χ4v) is 1.57. The van der Waals surface area contributed by atoms with E-state index in [0.29, 0.717) is 13.2 Å². The maximum Gasteiger partial charge on any atom is 0.249 e. The highest BCUT2D eigenvalue weighted by Gasteiger charge is 2.40. The van der Waals surface area contributed by atoms with Gasteiger partial charge in [0.1, 0.15) is 6.54 Å². The summed E-state index contributed by atoms with van der Waals surface area (Å²) in [6, 6.07) is 0. The van der Waals surface area contributed by atoms with Crippen molar-refractivity contribution in [2.24, 2.45) is 0 Å². The van der Waals surface area contributed by atoms with E-state index in [-0.39, 0.29) is 30.8 Å². The number of carbonyl (C=O) groups excluding carboxylic acids is 3. The molecular weight excluding hydrogens is 238 g/mol. The second-order valence-electron chi connectivity index (χ2n) is 4.61. The van der Waals surface area contributed by atoms with Crippen molar-refractivity contribution in [2.45, 2.75) is 19.4 Å². The molecule has 1 aliphatic rings. The minimum Gasteiger partial charge on any atom is -0.383 e. The molecule has 1 heterocycles. The van der Waals surface area contributed by atoms with E-state index in [1.165, 1.54) is 7.11 Å². The van der Waals surface area contributed by atoms with Crippen LogP contribution >= 0.6 is 0 Å². The Labute approximate surface area is 106 Å². The molecule has 1 saturated heterocycles. The molecule has 7 nitrogen and oxygen atoms in total. The molecule has 0 aromatic carbocycles. The highest BCUT2D eigenvalue weighted by Crippen LogP contribution is 2.12. The van der Waals surface area contributed by atoms with Crippen LogP contribution in [0.5, 0.6) is 0 Å². The van der Waals surface area contributed by atoms with E-state index < -0.39 is 5.54 Å². The maximum absolute atomic E-state index is 12.0. The van der Waals surface area contributed by atoms with E-state index in [0.717, 1.165) is 4.90 Å². The van der Waals surface area contributed by atoms with Crippen molar-refractivity contribution in [3.05, 3.63) is 0 Å². The molecule has 0 saturated carbocycles. The average Bonchev–Trinajstić information content (AvgIpc) is 2.31. The van der Waals surface area contributed by atoms with E-state index in [1.54, 1.807) is 13.8 Å². The number of methoxy groups -OCH3 is 1. The predicted octanol–water partition coefficient (Wildman–Crippen LogP) is -1.51. The Balaban J connectivity index is 2.56. The van der Waals surface area contributed by atoms with Crippen LogP contribution in [0.3, 0.4) is 0 Å². The number of ether oxygens (including phenoxy) is 1. The first-order valence-corrected chi connectivity index (χ1v) is 5.74. The Bertz CT molecular complexity index is 354. The van der Waals surface area contributed by atoms with Crippen LogP contribution in [0.1, 0.15) is 13.8 Å². The van der Waals surface area contributed by atoms with Crippen molar-refractivity contribution in [3.63, 3.8) is 0 Å². The molecule has 0 unspecified atom stereocenters. The van der Waals surface area contributed by atoms with E-state index in [9.17, 15) is 14.4 Å². The van der Waals surface area contributed by atoms with Gasteiger partial charge in [0.25, 0.3) is 0 Å². The molecule has 1 fully saturated rings. The van der Waals surface area contributed by atoms with Crippen molar-refractivity contribution in [1.29, 1.82) is 0 Å². The van der Waals surface area contributed by atoms with Gasteiger partial charge in [-0.25, -0.2) is 0 Å². The van der Waals surface area contributed by atoms with Crippen LogP contribution in [0.2, 0.25) is 0 Å². The van der Waals surface area contributed by atoms with Gasteiger partial charge in [-0.3, -0.25) is 24.6 Å². The molecule has 0 radical (unpaired) electrons. The number of nitrogens with one attached hydrogen (secondary N) is 2. The van der Waals surface area contributed by atoms with Gasteiger partial charge < -0.3 is 10.1 Å². The van der Waals surface area contributed by atoms with Crippen LogP contribution in [0, 0.1) is 0 Å². The number of amides is 3. The Morgan fingerprint density at radius 1 is 1.50 bits per heavy atom. The summed E-state index contributed by atoms with van der Waals surface area (Å²) >= 11 is 0. The normalized spacial score (nSPS) is 18.9. The minimum atomic E-state index is -0.819. The van der Waals surface area contributed by atoms with Crippen LogP contribution in [-0.2, 0) is 19.1 Å². The summed E-state index contributed by atoms with van der Waals surface area (Å²) in [6.45, 7) is 3.92. The molecule has 0 spiro atoms. The fraction of sp³-hybridized carbons (Fsp3) is 0.727. The van der Waals surface area contributed by atoms with Crippen LogP contribution in [0.25, 0.3) is 0 Å². The summed E-state index contributed by atoms with van der Waals surface area (Å²) in [6.07, 6.45) is 0.